The van der Waals surface area contributed by atoms with E-state index in [2.05, 4.69) is 15.0 Å². The molecule has 0 bridgehead atoms. The van der Waals surface area contributed by atoms with E-state index < -0.39 is 18.3 Å². The monoisotopic (exact) mass is 557 g/mol. The van der Waals surface area contributed by atoms with Crippen LogP contribution in [-0.2, 0) is 16.1 Å². The van der Waals surface area contributed by atoms with E-state index in [0.717, 1.165) is 49.9 Å². The lowest BCUT2D eigenvalue weighted by atomic mass is 9.84. The molecule has 11 heteroatoms. The van der Waals surface area contributed by atoms with Gasteiger partial charge in [0.2, 0.25) is 11.8 Å². The van der Waals surface area contributed by atoms with Crippen LogP contribution in [-0.4, -0.2) is 65.2 Å². The van der Waals surface area contributed by atoms with Gasteiger partial charge in [-0.1, -0.05) is 18.6 Å². The first-order valence-corrected chi connectivity index (χ1v) is 13.7. The normalized spacial score (nSPS) is 25.8. The minimum atomic E-state index is -4.72. The van der Waals surface area contributed by atoms with Gasteiger partial charge in [-0.25, -0.2) is 0 Å². The van der Waals surface area contributed by atoms with Gasteiger partial charge in [0.15, 0.2) is 0 Å². The zero-order valence-electron chi connectivity index (χ0n) is 21.8. The van der Waals surface area contributed by atoms with E-state index in [1.54, 1.807) is 18.2 Å². The van der Waals surface area contributed by atoms with Crippen LogP contribution < -0.4 is 14.8 Å². The molecule has 4 aliphatic rings. The number of hydrogen-bond acceptors (Lipinski definition) is 6. The van der Waals surface area contributed by atoms with Crippen molar-refractivity contribution >= 4 is 17.7 Å². The van der Waals surface area contributed by atoms with E-state index in [4.69, 9.17) is 4.74 Å². The number of nitrogens with zero attached hydrogens (tertiary/aromatic N) is 2. The quantitative estimate of drug-likeness (QED) is 0.538. The van der Waals surface area contributed by atoms with E-state index in [0.29, 0.717) is 17.7 Å². The summed E-state index contributed by atoms with van der Waals surface area (Å²) >= 11 is 0. The van der Waals surface area contributed by atoms with Gasteiger partial charge in [-0.2, -0.15) is 0 Å². The maximum Gasteiger partial charge on any atom is 0.573 e. The number of ether oxygens (including phenoxy) is 2. The number of likely N-dealkylation sites (tertiary alicyclic amines) is 1. The van der Waals surface area contributed by atoms with Crippen molar-refractivity contribution in [1.82, 2.24) is 15.1 Å². The average Bonchev–Trinajstić information content (AvgIpc) is 3.19. The molecule has 3 fully saturated rings. The van der Waals surface area contributed by atoms with E-state index in [-0.39, 0.29) is 48.6 Å². The lowest BCUT2D eigenvalue weighted by molar-refractivity contribution is -0.274. The van der Waals surface area contributed by atoms with Crippen LogP contribution in [0.15, 0.2) is 42.5 Å². The highest BCUT2D eigenvalue weighted by atomic mass is 19.4. The third-order valence-electron chi connectivity index (χ3n) is 8.39. The number of alkyl halides is 3. The number of halogens is 3. The zero-order chi connectivity index (χ0) is 28.0. The Hall–Kier alpha value is -3.60. The second-order valence-electron chi connectivity index (χ2n) is 11.0. The molecule has 3 amide bonds. The van der Waals surface area contributed by atoms with Gasteiger partial charge in [-0.05, 0) is 67.1 Å². The number of amides is 3. The van der Waals surface area contributed by atoms with Crippen LogP contribution in [0.25, 0.3) is 0 Å². The SMILES string of the molecule is O=C1CCC(N2Cc3cc(O[C@H]4CCCC[C@@H]4N4CC(c5cccc(OC(F)(F)F)c5)C4)ccc3C2=O)C(=O)N1. The topological polar surface area (TPSA) is 88.2 Å². The Labute approximate surface area is 229 Å². The third kappa shape index (κ3) is 5.39. The molecule has 3 aliphatic heterocycles. The maximum atomic E-state index is 13.0. The first-order chi connectivity index (χ1) is 19.1. The van der Waals surface area contributed by atoms with Crippen LogP contribution in [0.3, 0.4) is 0 Å². The largest absolute Gasteiger partial charge is 0.573 e. The molecule has 6 rings (SSSR count). The predicted octanol–water partition coefficient (Wildman–Crippen LogP) is 4.14. The fourth-order valence-electron chi connectivity index (χ4n) is 6.39. The van der Waals surface area contributed by atoms with Crippen molar-refractivity contribution in [2.45, 2.75) is 75.5 Å². The van der Waals surface area contributed by atoms with Crippen LogP contribution in [0.2, 0.25) is 0 Å². The van der Waals surface area contributed by atoms with Crippen LogP contribution in [0.5, 0.6) is 11.5 Å². The predicted molar refractivity (Wildman–Crippen MR) is 137 cm³/mol. The lowest BCUT2D eigenvalue weighted by Gasteiger charge is -2.48. The van der Waals surface area contributed by atoms with Crippen molar-refractivity contribution in [3.8, 4) is 11.5 Å². The fraction of sp³-hybridized carbons (Fsp3) is 0.483. The second-order valence-corrected chi connectivity index (χ2v) is 11.0. The maximum absolute atomic E-state index is 13.0. The minimum absolute atomic E-state index is 0.0454. The third-order valence-corrected chi connectivity index (χ3v) is 8.39. The Morgan fingerprint density at radius 1 is 0.925 bits per heavy atom. The average molecular weight is 558 g/mol. The van der Waals surface area contributed by atoms with Crippen molar-refractivity contribution in [2.75, 3.05) is 13.1 Å². The highest BCUT2D eigenvalue weighted by Gasteiger charge is 2.41. The summed E-state index contributed by atoms with van der Waals surface area (Å²) in [5.74, 6) is -0.380. The Balaban J connectivity index is 1.09. The van der Waals surface area contributed by atoms with E-state index in [1.807, 2.05) is 12.1 Å². The van der Waals surface area contributed by atoms with Crippen molar-refractivity contribution in [3.05, 3.63) is 59.2 Å². The van der Waals surface area contributed by atoms with E-state index in [9.17, 15) is 27.6 Å². The van der Waals surface area contributed by atoms with Crippen molar-refractivity contribution in [1.29, 1.82) is 0 Å². The molecular formula is C29H30F3N3O5. The summed E-state index contributed by atoms with van der Waals surface area (Å²) in [6.45, 7) is 1.76. The summed E-state index contributed by atoms with van der Waals surface area (Å²) in [7, 11) is 0. The Kier molecular flexibility index (Phi) is 6.93. The molecule has 0 spiro atoms. The zero-order valence-corrected chi connectivity index (χ0v) is 21.8. The van der Waals surface area contributed by atoms with Crippen molar-refractivity contribution in [2.24, 2.45) is 0 Å². The first-order valence-electron chi connectivity index (χ1n) is 13.7. The van der Waals surface area contributed by atoms with Gasteiger partial charge < -0.3 is 14.4 Å². The number of piperidine rings is 1. The molecule has 1 unspecified atom stereocenters. The smallest absolute Gasteiger partial charge is 0.489 e. The number of nitrogens with one attached hydrogen (secondary N) is 1. The number of rotatable bonds is 6. The molecule has 8 nitrogen and oxygen atoms in total. The van der Waals surface area contributed by atoms with Crippen LogP contribution in [0, 0.1) is 0 Å². The molecule has 1 N–H and O–H groups in total. The molecule has 2 aromatic rings. The van der Waals surface area contributed by atoms with Crippen LogP contribution in [0.4, 0.5) is 13.2 Å². The molecule has 2 saturated heterocycles. The summed E-state index contributed by atoms with van der Waals surface area (Å²) < 4.78 is 48.5. The number of imide groups is 1. The molecule has 3 atom stereocenters. The number of carbonyl (C=O) groups excluding carboxylic acids is 3. The molecule has 1 aliphatic carbocycles. The number of benzene rings is 2. The van der Waals surface area contributed by atoms with Gasteiger partial charge in [0.25, 0.3) is 5.91 Å². The Bertz CT molecular complexity index is 1330. The van der Waals surface area contributed by atoms with Gasteiger partial charge in [0.1, 0.15) is 23.6 Å². The van der Waals surface area contributed by atoms with Gasteiger partial charge in [-0.15, -0.1) is 13.2 Å². The van der Waals surface area contributed by atoms with Crippen molar-refractivity contribution in [3.63, 3.8) is 0 Å². The lowest BCUT2D eigenvalue weighted by Crippen LogP contribution is -2.57. The second kappa shape index (κ2) is 10.4. The molecule has 0 aromatic heterocycles. The van der Waals surface area contributed by atoms with Gasteiger partial charge in [-0.3, -0.25) is 24.6 Å². The Morgan fingerprint density at radius 2 is 1.73 bits per heavy atom. The van der Waals surface area contributed by atoms with E-state index in [1.165, 1.54) is 17.0 Å². The molecule has 0 radical (unpaired) electrons. The molecule has 1 saturated carbocycles. The van der Waals surface area contributed by atoms with Crippen molar-refractivity contribution < 1.29 is 37.0 Å². The Morgan fingerprint density at radius 3 is 2.50 bits per heavy atom. The summed E-state index contributed by atoms with van der Waals surface area (Å²) in [5.41, 5.74) is 2.17. The molecular weight excluding hydrogens is 527 g/mol. The first kappa shape index (κ1) is 26.6. The summed E-state index contributed by atoms with van der Waals surface area (Å²) in [5, 5.41) is 2.32. The van der Waals surface area contributed by atoms with E-state index >= 15 is 0 Å². The molecule has 212 valence electrons. The molecule has 2 aromatic carbocycles. The standard InChI is InChI=1S/C29H30F3N3O5/c30-29(31,32)40-21-5-3-4-17(12-21)19-14-34(15-19)23-6-1-2-7-25(23)39-20-8-9-22-18(13-20)16-35(28(22)38)24-10-11-26(36)33-27(24)37/h3-5,8-9,12-13,19,23-25H,1-2,6-7,10-11,14-16H2,(H,33,36,37)/t23-,24?,25-/m0/s1. The van der Waals surface area contributed by atoms with Crippen LogP contribution in [0.1, 0.15) is 65.9 Å². The number of carbonyl (C=O) groups is 3. The molecule has 3 heterocycles. The minimum Gasteiger partial charge on any atom is -0.489 e. The highest BCUT2D eigenvalue weighted by molar-refractivity contribution is 6.05. The molecule has 40 heavy (non-hydrogen) atoms. The summed E-state index contributed by atoms with van der Waals surface area (Å²) in [6.07, 6.45) is -0.254. The van der Waals surface area contributed by atoms with Gasteiger partial charge in [0, 0.05) is 43.6 Å². The fourth-order valence-corrected chi connectivity index (χ4v) is 6.39. The van der Waals surface area contributed by atoms with Gasteiger partial charge >= 0.3 is 6.36 Å². The number of fused-ring (bicyclic) bond motifs is 1. The van der Waals surface area contributed by atoms with Crippen LogP contribution >= 0.6 is 0 Å². The summed E-state index contributed by atoms with van der Waals surface area (Å²) in [6, 6.07) is 11.1. The van der Waals surface area contributed by atoms with Gasteiger partial charge in [0.05, 0.1) is 0 Å². The number of hydrogen-bond donors (Lipinski definition) is 1. The highest BCUT2D eigenvalue weighted by Crippen LogP contribution is 2.37. The summed E-state index contributed by atoms with van der Waals surface area (Å²) in [4.78, 5) is 40.7.